The van der Waals surface area contributed by atoms with Gasteiger partial charge in [0.05, 0.1) is 6.61 Å². The Morgan fingerprint density at radius 2 is 2.14 bits per heavy atom. The molecule has 0 radical (unpaired) electrons. The van der Waals surface area contributed by atoms with E-state index in [4.69, 9.17) is 15.2 Å². The van der Waals surface area contributed by atoms with Crippen LogP contribution in [0.15, 0.2) is 23.6 Å². The zero-order chi connectivity index (χ0) is 15.1. The molecule has 0 aliphatic carbocycles. The van der Waals surface area contributed by atoms with Crippen LogP contribution in [0.3, 0.4) is 0 Å². The fraction of sp³-hybridized carbons (Fsp3) is 0.438. The number of ether oxygens (including phenoxy) is 2. The second kappa shape index (κ2) is 8.00. The van der Waals surface area contributed by atoms with Crippen molar-refractivity contribution in [1.82, 2.24) is 4.98 Å². The minimum absolute atomic E-state index is 0.479. The number of benzene rings is 1. The van der Waals surface area contributed by atoms with E-state index in [2.05, 4.69) is 11.9 Å². The summed E-state index contributed by atoms with van der Waals surface area (Å²) in [5.41, 5.74) is 7.80. The van der Waals surface area contributed by atoms with Gasteiger partial charge in [0, 0.05) is 17.1 Å². The smallest absolute Gasteiger partial charge is 0.140 e. The molecule has 4 nitrogen and oxygen atoms in total. The molecule has 0 amide bonds. The van der Waals surface area contributed by atoms with Crippen molar-refractivity contribution in [2.24, 2.45) is 5.73 Å². The van der Waals surface area contributed by atoms with Crippen molar-refractivity contribution in [3.05, 3.63) is 39.8 Å². The molecule has 2 N–H and O–H groups in total. The Balaban J connectivity index is 2.09. The summed E-state index contributed by atoms with van der Waals surface area (Å²) in [6.07, 6.45) is 1.78. The van der Waals surface area contributed by atoms with Crippen molar-refractivity contribution in [3.8, 4) is 11.5 Å². The first-order chi connectivity index (χ1) is 10.2. The molecule has 2 aromatic rings. The number of nitrogens with zero attached hydrogens (tertiary/aromatic N) is 1. The van der Waals surface area contributed by atoms with Gasteiger partial charge in [-0.1, -0.05) is 13.0 Å². The van der Waals surface area contributed by atoms with Gasteiger partial charge in [-0.05, 0) is 37.9 Å². The number of aromatic nitrogens is 1. The highest BCUT2D eigenvalue weighted by atomic mass is 32.1. The molecule has 114 valence electrons. The fourth-order valence-electron chi connectivity index (χ4n) is 1.95. The lowest BCUT2D eigenvalue weighted by Gasteiger charge is -2.12. The molecular weight excluding hydrogens is 284 g/mol. The first kappa shape index (κ1) is 15.8. The number of hydrogen-bond acceptors (Lipinski definition) is 5. The van der Waals surface area contributed by atoms with Crippen LogP contribution in [-0.2, 0) is 13.0 Å². The van der Waals surface area contributed by atoms with Crippen LogP contribution in [0.5, 0.6) is 11.5 Å². The highest BCUT2D eigenvalue weighted by Gasteiger charge is 2.07. The molecule has 2 rings (SSSR count). The Kier molecular flexibility index (Phi) is 6.02. The van der Waals surface area contributed by atoms with Gasteiger partial charge in [0.2, 0.25) is 0 Å². The molecule has 0 saturated carbocycles. The maximum Gasteiger partial charge on any atom is 0.140 e. The minimum atomic E-state index is 0.479. The van der Waals surface area contributed by atoms with Crippen molar-refractivity contribution in [2.75, 3.05) is 13.2 Å². The Morgan fingerprint density at radius 1 is 1.29 bits per heavy atom. The summed E-state index contributed by atoms with van der Waals surface area (Å²) in [7, 11) is 0. The van der Waals surface area contributed by atoms with E-state index in [0.29, 0.717) is 19.8 Å². The molecule has 0 fully saturated rings. The van der Waals surface area contributed by atoms with E-state index < -0.39 is 0 Å². The van der Waals surface area contributed by atoms with Crippen molar-refractivity contribution in [1.29, 1.82) is 0 Å². The van der Waals surface area contributed by atoms with Crippen LogP contribution in [0.25, 0.3) is 0 Å². The van der Waals surface area contributed by atoms with Gasteiger partial charge in [0.25, 0.3) is 0 Å². The summed E-state index contributed by atoms with van der Waals surface area (Å²) < 4.78 is 11.6. The Labute approximate surface area is 129 Å². The maximum atomic E-state index is 5.92. The van der Waals surface area contributed by atoms with Crippen LogP contribution >= 0.6 is 11.3 Å². The standard InChI is InChI=1S/C16H22N2O2S/c1-3-8-19-14-5-4-13(6-7-17)15(9-14)20-10-16-18-12(2)11-21-16/h4-5,9,11H,3,6-8,10,17H2,1-2H3. The second-order valence-corrected chi connectivity index (χ2v) is 5.77. The largest absolute Gasteiger partial charge is 0.493 e. The van der Waals surface area contributed by atoms with E-state index in [-0.39, 0.29) is 0 Å². The first-order valence-electron chi connectivity index (χ1n) is 7.22. The molecule has 0 spiro atoms. The van der Waals surface area contributed by atoms with Crippen LogP contribution in [-0.4, -0.2) is 18.1 Å². The molecule has 0 atom stereocenters. The van der Waals surface area contributed by atoms with Gasteiger partial charge in [-0.2, -0.15) is 0 Å². The minimum Gasteiger partial charge on any atom is -0.493 e. The maximum absolute atomic E-state index is 5.92. The molecule has 0 bridgehead atoms. The molecule has 0 unspecified atom stereocenters. The molecule has 1 aromatic heterocycles. The fourth-order valence-corrected chi connectivity index (χ4v) is 2.63. The van der Waals surface area contributed by atoms with E-state index in [9.17, 15) is 0 Å². The Hall–Kier alpha value is -1.59. The Morgan fingerprint density at radius 3 is 2.81 bits per heavy atom. The van der Waals surface area contributed by atoms with Crippen LogP contribution < -0.4 is 15.2 Å². The molecule has 0 aliphatic rings. The molecule has 21 heavy (non-hydrogen) atoms. The summed E-state index contributed by atoms with van der Waals surface area (Å²) in [5.74, 6) is 1.67. The second-order valence-electron chi connectivity index (χ2n) is 4.83. The average molecular weight is 306 g/mol. The van der Waals surface area contributed by atoms with E-state index in [1.807, 2.05) is 30.5 Å². The zero-order valence-electron chi connectivity index (χ0n) is 12.6. The number of hydrogen-bond donors (Lipinski definition) is 1. The van der Waals surface area contributed by atoms with E-state index in [1.165, 1.54) is 0 Å². The lowest BCUT2D eigenvalue weighted by Crippen LogP contribution is -2.06. The van der Waals surface area contributed by atoms with Gasteiger partial charge in [0.15, 0.2) is 0 Å². The van der Waals surface area contributed by atoms with Crippen molar-refractivity contribution in [3.63, 3.8) is 0 Å². The summed E-state index contributed by atoms with van der Waals surface area (Å²) in [5, 5.41) is 3.01. The SMILES string of the molecule is CCCOc1ccc(CCN)c(OCc2nc(C)cs2)c1. The van der Waals surface area contributed by atoms with Gasteiger partial charge >= 0.3 is 0 Å². The van der Waals surface area contributed by atoms with E-state index >= 15 is 0 Å². The topological polar surface area (TPSA) is 57.4 Å². The predicted octanol–water partition coefficient (Wildman–Crippen LogP) is 3.32. The molecular formula is C16H22N2O2S. The van der Waals surface area contributed by atoms with Crippen LogP contribution in [0, 0.1) is 6.92 Å². The lowest BCUT2D eigenvalue weighted by atomic mass is 10.1. The third-order valence-corrected chi connectivity index (χ3v) is 3.88. The van der Waals surface area contributed by atoms with Gasteiger partial charge in [0.1, 0.15) is 23.1 Å². The molecule has 1 heterocycles. The highest BCUT2D eigenvalue weighted by Crippen LogP contribution is 2.26. The van der Waals surface area contributed by atoms with Crippen molar-refractivity contribution < 1.29 is 9.47 Å². The third kappa shape index (κ3) is 4.72. The predicted molar refractivity (Wildman–Crippen MR) is 86.2 cm³/mol. The normalized spacial score (nSPS) is 10.6. The molecule has 1 aromatic carbocycles. The number of nitrogens with two attached hydrogens (primary N) is 1. The number of thiazole rings is 1. The zero-order valence-corrected chi connectivity index (χ0v) is 13.4. The third-order valence-electron chi connectivity index (χ3n) is 2.94. The Bertz CT molecular complexity index is 569. The van der Waals surface area contributed by atoms with Crippen molar-refractivity contribution in [2.45, 2.75) is 33.3 Å². The van der Waals surface area contributed by atoms with E-state index in [0.717, 1.165) is 40.6 Å². The van der Waals surface area contributed by atoms with Crippen LogP contribution in [0.2, 0.25) is 0 Å². The van der Waals surface area contributed by atoms with Crippen LogP contribution in [0.4, 0.5) is 0 Å². The van der Waals surface area contributed by atoms with Gasteiger partial charge in [-0.25, -0.2) is 4.98 Å². The average Bonchev–Trinajstić information content (AvgIpc) is 2.90. The van der Waals surface area contributed by atoms with E-state index in [1.54, 1.807) is 11.3 Å². The molecule has 0 saturated heterocycles. The summed E-state index contributed by atoms with van der Waals surface area (Å²) >= 11 is 1.61. The molecule has 0 aliphatic heterocycles. The number of rotatable bonds is 8. The highest BCUT2D eigenvalue weighted by molar-refractivity contribution is 7.09. The van der Waals surface area contributed by atoms with Gasteiger partial charge < -0.3 is 15.2 Å². The van der Waals surface area contributed by atoms with Crippen molar-refractivity contribution >= 4 is 11.3 Å². The summed E-state index contributed by atoms with van der Waals surface area (Å²) in [6.45, 7) is 5.86. The van der Waals surface area contributed by atoms with Gasteiger partial charge in [-0.3, -0.25) is 0 Å². The molecule has 5 heteroatoms. The quantitative estimate of drug-likeness (QED) is 0.813. The first-order valence-corrected chi connectivity index (χ1v) is 8.10. The summed E-state index contributed by atoms with van der Waals surface area (Å²) in [4.78, 5) is 4.41. The lowest BCUT2D eigenvalue weighted by molar-refractivity contribution is 0.292. The number of aryl methyl sites for hydroxylation is 1. The van der Waals surface area contributed by atoms with Gasteiger partial charge in [-0.15, -0.1) is 11.3 Å². The van der Waals surface area contributed by atoms with Crippen LogP contribution in [0.1, 0.15) is 29.6 Å². The summed E-state index contributed by atoms with van der Waals surface area (Å²) in [6, 6.07) is 5.95. The monoisotopic (exact) mass is 306 g/mol.